The lowest BCUT2D eigenvalue weighted by Gasteiger charge is -2.25. The van der Waals surface area contributed by atoms with Crippen molar-refractivity contribution >= 4 is 11.6 Å². The first kappa shape index (κ1) is 12.9. The van der Waals surface area contributed by atoms with E-state index in [9.17, 15) is 0 Å². The molecule has 2 rings (SSSR count). The fraction of sp³-hybridized carbons (Fsp3) is 0.846. The molecule has 1 aromatic heterocycles. The molecule has 17 heavy (non-hydrogen) atoms. The Morgan fingerprint density at radius 1 is 1.24 bits per heavy atom. The largest absolute Gasteiger partial charge is 0.314 e. The molecular formula is C13H22ClN3. The van der Waals surface area contributed by atoms with Crippen LogP contribution >= 0.6 is 11.6 Å². The lowest BCUT2D eigenvalue weighted by molar-refractivity contribution is 0.332. The van der Waals surface area contributed by atoms with Crippen molar-refractivity contribution < 1.29 is 0 Å². The number of hydrogen-bond acceptors (Lipinski definition) is 2. The van der Waals surface area contributed by atoms with Gasteiger partial charge in [0, 0.05) is 12.5 Å². The van der Waals surface area contributed by atoms with Gasteiger partial charge in [-0.2, -0.15) is 0 Å². The van der Waals surface area contributed by atoms with Crippen LogP contribution in [0.4, 0.5) is 0 Å². The smallest absolute Gasteiger partial charge is 0.147 e. The summed E-state index contributed by atoms with van der Waals surface area (Å²) in [5.74, 6) is 4.05. The minimum atomic E-state index is 0.468. The molecule has 0 spiro atoms. The number of aromatic nitrogens is 3. The van der Waals surface area contributed by atoms with Crippen molar-refractivity contribution in [3.05, 3.63) is 11.6 Å². The van der Waals surface area contributed by atoms with Gasteiger partial charge in [-0.05, 0) is 25.2 Å². The van der Waals surface area contributed by atoms with Crippen molar-refractivity contribution in [2.75, 3.05) is 0 Å². The minimum absolute atomic E-state index is 0.468. The van der Waals surface area contributed by atoms with Crippen LogP contribution in [0.25, 0.3) is 0 Å². The summed E-state index contributed by atoms with van der Waals surface area (Å²) in [5, 5.41) is 8.61. The molecule has 1 aliphatic rings. The van der Waals surface area contributed by atoms with Crippen molar-refractivity contribution in [3.8, 4) is 0 Å². The third-order valence-corrected chi connectivity index (χ3v) is 4.04. The van der Waals surface area contributed by atoms with Gasteiger partial charge in [0.2, 0.25) is 0 Å². The Morgan fingerprint density at radius 2 is 1.94 bits per heavy atom. The van der Waals surface area contributed by atoms with Crippen LogP contribution in [0.5, 0.6) is 0 Å². The van der Waals surface area contributed by atoms with Gasteiger partial charge in [0.15, 0.2) is 0 Å². The lowest BCUT2D eigenvalue weighted by Crippen LogP contribution is -2.16. The summed E-state index contributed by atoms with van der Waals surface area (Å²) in [6.07, 6.45) is 6.26. The molecule has 1 aromatic rings. The Morgan fingerprint density at radius 3 is 2.53 bits per heavy atom. The molecule has 1 heterocycles. The molecule has 0 radical (unpaired) electrons. The fourth-order valence-electron chi connectivity index (χ4n) is 2.74. The van der Waals surface area contributed by atoms with Crippen LogP contribution in [-0.2, 0) is 12.4 Å². The third-order valence-electron chi connectivity index (χ3n) is 3.80. The van der Waals surface area contributed by atoms with Crippen molar-refractivity contribution in [2.24, 2.45) is 5.92 Å². The quantitative estimate of drug-likeness (QED) is 0.768. The van der Waals surface area contributed by atoms with E-state index >= 15 is 0 Å². The Balaban J connectivity index is 2.16. The second kappa shape index (κ2) is 5.85. The Bertz CT molecular complexity index is 354. The molecule has 3 nitrogen and oxygen atoms in total. The zero-order valence-corrected chi connectivity index (χ0v) is 11.6. The summed E-state index contributed by atoms with van der Waals surface area (Å²) in [6.45, 7) is 5.53. The van der Waals surface area contributed by atoms with Gasteiger partial charge in [0.1, 0.15) is 11.6 Å². The summed E-state index contributed by atoms with van der Waals surface area (Å²) in [6, 6.07) is 0. The predicted octanol–water partition coefficient (Wildman–Crippen LogP) is 3.72. The molecule has 0 saturated heterocycles. The molecule has 0 aromatic carbocycles. The van der Waals surface area contributed by atoms with E-state index in [1.54, 1.807) is 0 Å². The molecule has 0 unspecified atom stereocenters. The second-order valence-corrected chi connectivity index (χ2v) is 5.48. The van der Waals surface area contributed by atoms with Crippen LogP contribution in [0.15, 0.2) is 0 Å². The summed E-state index contributed by atoms with van der Waals surface area (Å²) >= 11 is 5.92. The van der Waals surface area contributed by atoms with E-state index in [2.05, 4.69) is 28.6 Å². The molecular weight excluding hydrogens is 234 g/mol. The van der Waals surface area contributed by atoms with Crippen LogP contribution in [0.2, 0.25) is 0 Å². The van der Waals surface area contributed by atoms with Gasteiger partial charge in [-0.1, -0.05) is 26.7 Å². The molecule has 96 valence electrons. The number of rotatable bonds is 4. The van der Waals surface area contributed by atoms with Crippen LogP contribution in [0, 0.1) is 5.92 Å². The first-order valence-corrected chi connectivity index (χ1v) is 7.27. The maximum Gasteiger partial charge on any atom is 0.147 e. The van der Waals surface area contributed by atoms with Crippen LogP contribution in [0.3, 0.4) is 0 Å². The van der Waals surface area contributed by atoms with E-state index in [0.717, 1.165) is 24.7 Å². The number of halogens is 1. The van der Waals surface area contributed by atoms with E-state index < -0.39 is 0 Å². The van der Waals surface area contributed by atoms with Gasteiger partial charge in [-0.25, -0.2) is 0 Å². The van der Waals surface area contributed by atoms with Crippen molar-refractivity contribution in [3.63, 3.8) is 0 Å². The lowest BCUT2D eigenvalue weighted by atomic mass is 9.82. The predicted molar refractivity (Wildman–Crippen MR) is 70.2 cm³/mol. The molecule has 1 saturated carbocycles. The first-order chi connectivity index (χ1) is 8.26. The van der Waals surface area contributed by atoms with Crippen LogP contribution < -0.4 is 0 Å². The Kier molecular flexibility index (Phi) is 4.43. The molecule has 4 heteroatoms. The van der Waals surface area contributed by atoms with Gasteiger partial charge >= 0.3 is 0 Å². The molecule has 0 bridgehead atoms. The van der Waals surface area contributed by atoms with E-state index in [-0.39, 0.29) is 0 Å². The normalized spacial score (nSPS) is 25.1. The molecule has 1 aliphatic carbocycles. The van der Waals surface area contributed by atoms with E-state index in [4.69, 9.17) is 11.6 Å². The van der Waals surface area contributed by atoms with Crippen molar-refractivity contribution in [2.45, 2.75) is 64.3 Å². The summed E-state index contributed by atoms with van der Waals surface area (Å²) < 4.78 is 2.24. The van der Waals surface area contributed by atoms with Gasteiger partial charge in [-0.15, -0.1) is 21.8 Å². The molecule has 0 aliphatic heterocycles. The zero-order chi connectivity index (χ0) is 12.3. The highest BCUT2D eigenvalue weighted by Gasteiger charge is 2.25. The SMILES string of the molecule is CCCn1c(CCl)nnc1C1CCC(C)CC1. The summed E-state index contributed by atoms with van der Waals surface area (Å²) in [5.41, 5.74) is 0. The monoisotopic (exact) mass is 255 g/mol. The van der Waals surface area contributed by atoms with Crippen LogP contribution in [-0.4, -0.2) is 14.8 Å². The number of alkyl halides is 1. The molecule has 0 N–H and O–H groups in total. The van der Waals surface area contributed by atoms with Gasteiger partial charge in [-0.3, -0.25) is 0 Å². The molecule has 1 fully saturated rings. The van der Waals surface area contributed by atoms with Gasteiger partial charge in [0.05, 0.1) is 5.88 Å². The van der Waals surface area contributed by atoms with Crippen molar-refractivity contribution in [1.29, 1.82) is 0 Å². The standard InChI is InChI=1S/C13H22ClN3/c1-3-8-17-12(9-14)15-16-13(17)11-6-4-10(2)5-7-11/h10-11H,3-9H2,1-2H3. The maximum atomic E-state index is 5.92. The first-order valence-electron chi connectivity index (χ1n) is 6.74. The molecule has 0 amide bonds. The zero-order valence-electron chi connectivity index (χ0n) is 10.8. The van der Waals surface area contributed by atoms with E-state index in [1.807, 2.05) is 0 Å². The number of hydrogen-bond donors (Lipinski definition) is 0. The highest BCUT2D eigenvalue weighted by Crippen LogP contribution is 2.35. The molecule has 0 atom stereocenters. The third kappa shape index (κ3) is 2.82. The Hall–Kier alpha value is -0.570. The van der Waals surface area contributed by atoms with Crippen LogP contribution in [0.1, 0.15) is 63.5 Å². The van der Waals surface area contributed by atoms with Crippen molar-refractivity contribution in [1.82, 2.24) is 14.8 Å². The van der Waals surface area contributed by atoms with Gasteiger partial charge in [0.25, 0.3) is 0 Å². The Labute approximate surface area is 109 Å². The summed E-state index contributed by atoms with van der Waals surface area (Å²) in [7, 11) is 0. The van der Waals surface area contributed by atoms with E-state index in [0.29, 0.717) is 11.8 Å². The minimum Gasteiger partial charge on any atom is -0.314 e. The fourth-order valence-corrected chi connectivity index (χ4v) is 2.93. The maximum absolute atomic E-state index is 5.92. The summed E-state index contributed by atoms with van der Waals surface area (Å²) in [4.78, 5) is 0. The average Bonchev–Trinajstić information content (AvgIpc) is 2.74. The number of nitrogens with zero attached hydrogens (tertiary/aromatic N) is 3. The topological polar surface area (TPSA) is 30.7 Å². The van der Waals surface area contributed by atoms with E-state index in [1.165, 1.54) is 31.5 Å². The average molecular weight is 256 g/mol. The highest BCUT2D eigenvalue weighted by molar-refractivity contribution is 6.16. The second-order valence-electron chi connectivity index (χ2n) is 5.22. The van der Waals surface area contributed by atoms with Gasteiger partial charge < -0.3 is 4.57 Å². The highest BCUT2D eigenvalue weighted by atomic mass is 35.5.